The second-order valence-corrected chi connectivity index (χ2v) is 6.01. The van der Waals surface area contributed by atoms with Gasteiger partial charge in [-0.1, -0.05) is 25.5 Å². The molecule has 1 atom stereocenters. The largest absolute Gasteiger partial charge is 0.495 e. The van der Waals surface area contributed by atoms with Crippen LogP contribution in [0.2, 0.25) is 0 Å². The fraction of sp³-hybridized carbons (Fsp3) is 0.611. The number of nitrogens with one attached hydrogen (secondary N) is 2. The van der Waals surface area contributed by atoms with Gasteiger partial charge in [-0.3, -0.25) is 4.99 Å². The highest BCUT2D eigenvalue weighted by molar-refractivity contribution is 14.0. The summed E-state index contributed by atoms with van der Waals surface area (Å²) in [4.78, 5) is 6.70. The quantitative estimate of drug-likeness (QED) is 0.293. The Labute approximate surface area is 163 Å². The lowest BCUT2D eigenvalue weighted by Gasteiger charge is -2.21. The number of hydrogen-bond acceptors (Lipinski definition) is 3. The fourth-order valence-electron chi connectivity index (χ4n) is 2.95. The van der Waals surface area contributed by atoms with Gasteiger partial charge >= 0.3 is 0 Å². The van der Waals surface area contributed by atoms with Gasteiger partial charge in [-0.15, -0.1) is 24.0 Å². The fourth-order valence-corrected chi connectivity index (χ4v) is 2.95. The first kappa shape index (κ1) is 20.9. The van der Waals surface area contributed by atoms with Gasteiger partial charge in [0.15, 0.2) is 5.96 Å². The van der Waals surface area contributed by atoms with Crippen molar-refractivity contribution in [2.24, 2.45) is 10.9 Å². The van der Waals surface area contributed by atoms with Crippen molar-refractivity contribution in [3.63, 3.8) is 0 Å². The van der Waals surface area contributed by atoms with Gasteiger partial charge < -0.3 is 20.3 Å². The van der Waals surface area contributed by atoms with E-state index in [1.54, 1.807) is 7.11 Å². The third-order valence-electron chi connectivity index (χ3n) is 4.32. The molecule has 0 spiro atoms. The number of halogens is 1. The molecule has 2 N–H and O–H groups in total. The maximum Gasteiger partial charge on any atom is 0.190 e. The summed E-state index contributed by atoms with van der Waals surface area (Å²) in [6, 6.07) is 8.26. The molecule has 5 nitrogen and oxygen atoms in total. The first-order valence-corrected chi connectivity index (χ1v) is 8.61. The first-order valence-electron chi connectivity index (χ1n) is 8.61. The van der Waals surface area contributed by atoms with Crippen molar-refractivity contribution in [2.75, 3.05) is 45.2 Å². The lowest BCUT2D eigenvalue weighted by molar-refractivity contribution is 0.414. The van der Waals surface area contributed by atoms with Crippen LogP contribution in [0.5, 0.6) is 5.75 Å². The maximum atomic E-state index is 5.48. The summed E-state index contributed by atoms with van der Waals surface area (Å²) in [5, 5.41) is 6.81. The van der Waals surface area contributed by atoms with Gasteiger partial charge in [-0.2, -0.15) is 0 Å². The predicted molar refractivity (Wildman–Crippen MR) is 113 cm³/mol. The average molecular weight is 446 g/mol. The number of guanidine groups is 1. The van der Waals surface area contributed by atoms with Crippen LogP contribution in [0, 0.1) is 5.92 Å². The highest BCUT2D eigenvalue weighted by atomic mass is 127. The average Bonchev–Trinajstić information content (AvgIpc) is 3.06. The van der Waals surface area contributed by atoms with Gasteiger partial charge in [0.05, 0.1) is 12.8 Å². The number of unbranched alkanes of at least 4 members (excludes halogenated alkanes) is 1. The minimum atomic E-state index is 0. The number of nitrogens with zero attached hydrogens (tertiary/aromatic N) is 2. The van der Waals surface area contributed by atoms with Crippen LogP contribution in [0.1, 0.15) is 26.2 Å². The summed E-state index contributed by atoms with van der Waals surface area (Å²) >= 11 is 0. The van der Waals surface area contributed by atoms with Gasteiger partial charge in [0, 0.05) is 33.2 Å². The molecular weight excluding hydrogens is 415 g/mol. The van der Waals surface area contributed by atoms with Crippen LogP contribution in [0.25, 0.3) is 0 Å². The van der Waals surface area contributed by atoms with Crippen LogP contribution in [-0.2, 0) is 0 Å². The zero-order valence-electron chi connectivity index (χ0n) is 15.0. The standard InChI is InChI=1S/C18H30N4O.HI/c1-4-5-11-20-18(19-2)21-13-15-10-12-22(14-15)16-8-6-7-9-17(16)23-3;/h6-9,15H,4-5,10-14H2,1-3H3,(H2,19,20,21);1H. The molecular formula is C18H31IN4O. The van der Waals surface area contributed by atoms with E-state index >= 15 is 0 Å². The number of benzene rings is 1. The van der Waals surface area contributed by atoms with Crippen LogP contribution in [0.3, 0.4) is 0 Å². The molecule has 1 aliphatic rings. The Balaban J connectivity index is 0.00000288. The Morgan fingerprint density at radius 2 is 2.12 bits per heavy atom. The van der Waals surface area contributed by atoms with Crippen molar-refractivity contribution < 1.29 is 4.74 Å². The van der Waals surface area contributed by atoms with Gasteiger partial charge in [0.25, 0.3) is 0 Å². The van der Waals surface area contributed by atoms with Gasteiger partial charge in [0.2, 0.25) is 0 Å². The second kappa shape index (κ2) is 11.4. The van der Waals surface area contributed by atoms with E-state index in [9.17, 15) is 0 Å². The molecule has 1 aromatic rings. The summed E-state index contributed by atoms with van der Waals surface area (Å²) < 4.78 is 5.48. The molecule has 1 aromatic carbocycles. The van der Waals surface area contributed by atoms with Crippen LogP contribution in [0.15, 0.2) is 29.3 Å². The molecule has 0 bridgehead atoms. The van der Waals surface area contributed by atoms with Crippen molar-refractivity contribution in [3.8, 4) is 5.75 Å². The minimum Gasteiger partial charge on any atom is -0.495 e. The zero-order chi connectivity index (χ0) is 16.5. The number of hydrogen-bond donors (Lipinski definition) is 2. The Hall–Kier alpha value is -1.18. The smallest absolute Gasteiger partial charge is 0.190 e. The molecule has 1 fully saturated rings. The Morgan fingerprint density at radius 1 is 1.33 bits per heavy atom. The summed E-state index contributed by atoms with van der Waals surface area (Å²) in [5.74, 6) is 2.50. The molecule has 1 unspecified atom stereocenters. The van der Waals surface area contributed by atoms with Crippen molar-refractivity contribution >= 4 is 35.6 Å². The van der Waals surface area contributed by atoms with Gasteiger partial charge in [-0.05, 0) is 30.9 Å². The number of rotatable bonds is 7. The lowest BCUT2D eigenvalue weighted by Crippen LogP contribution is -2.40. The van der Waals surface area contributed by atoms with Crippen LogP contribution >= 0.6 is 24.0 Å². The van der Waals surface area contributed by atoms with E-state index in [4.69, 9.17) is 4.74 Å². The molecule has 0 radical (unpaired) electrons. The van der Waals surface area contributed by atoms with Gasteiger partial charge in [-0.25, -0.2) is 0 Å². The number of ether oxygens (including phenoxy) is 1. The number of para-hydroxylation sites is 2. The molecule has 6 heteroatoms. The lowest BCUT2D eigenvalue weighted by atomic mass is 10.1. The van der Waals surface area contributed by atoms with Crippen molar-refractivity contribution in [3.05, 3.63) is 24.3 Å². The first-order chi connectivity index (χ1) is 11.3. The third kappa shape index (κ3) is 6.03. The van der Waals surface area contributed by atoms with Crippen molar-refractivity contribution in [2.45, 2.75) is 26.2 Å². The molecule has 2 rings (SSSR count). The molecule has 24 heavy (non-hydrogen) atoms. The number of methoxy groups -OCH3 is 1. The van der Waals surface area contributed by atoms with Crippen molar-refractivity contribution in [1.82, 2.24) is 10.6 Å². The molecule has 0 saturated carbocycles. The molecule has 1 aliphatic heterocycles. The molecule has 0 aliphatic carbocycles. The van der Waals surface area contributed by atoms with Crippen LogP contribution in [-0.4, -0.2) is 46.3 Å². The molecule has 0 aromatic heterocycles. The number of anilines is 1. The highest BCUT2D eigenvalue weighted by Gasteiger charge is 2.24. The molecule has 0 amide bonds. The monoisotopic (exact) mass is 446 g/mol. The maximum absolute atomic E-state index is 5.48. The van der Waals surface area contributed by atoms with Gasteiger partial charge in [0.1, 0.15) is 5.75 Å². The summed E-state index contributed by atoms with van der Waals surface area (Å²) in [5.41, 5.74) is 1.20. The summed E-state index contributed by atoms with van der Waals surface area (Å²) in [7, 11) is 3.57. The minimum absolute atomic E-state index is 0. The normalized spacial score (nSPS) is 17.4. The SMILES string of the molecule is CCCCNC(=NC)NCC1CCN(c2ccccc2OC)C1.I. The van der Waals surface area contributed by atoms with Crippen LogP contribution in [0.4, 0.5) is 5.69 Å². The Morgan fingerprint density at radius 3 is 2.83 bits per heavy atom. The summed E-state index contributed by atoms with van der Waals surface area (Å²) in [6.07, 6.45) is 3.56. The number of aliphatic imine (C=N–C) groups is 1. The van der Waals surface area contributed by atoms with E-state index < -0.39 is 0 Å². The van der Waals surface area contributed by atoms with E-state index in [1.807, 2.05) is 19.2 Å². The van der Waals surface area contributed by atoms with Crippen LogP contribution < -0.4 is 20.3 Å². The second-order valence-electron chi connectivity index (χ2n) is 6.01. The Kier molecular flexibility index (Phi) is 9.90. The molecule has 1 heterocycles. The van der Waals surface area contributed by atoms with Crippen molar-refractivity contribution in [1.29, 1.82) is 0 Å². The van der Waals surface area contributed by atoms with E-state index in [-0.39, 0.29) is 24.0 Å². The zero-order valence-corrected chi connectivity index (χ0v) is 17.4. The van der Waals surface area contributed by atoms with E-state index in [1.165, 1.54) is 24.9 Å². The van der Waals surface area contributed by atoms with E-state index in [0.717, 1.165) is 37.9 Å². The molecule has 1 saturated heterocycles. The highest BCUT2D eigenvalue weighted by Crippen LogP contribution is 2.31. The molecule has 136 valence electrons. The topological polar surface area (TPSA) is 48.9 Å². The Bertz CT molecular complexity index is 510. The van der Waals surface area contributed by atoms with E-state index in [0.29, 0.717) is 5.92 Å². The van der Waals surface area contributed by atoms with E-state index in [2.05, 4.69) is 39.6 Å². The summed E-state index contributed by atoms with van der Waals surface area (Å²) in [6.45, 7) is 6.27. The third-order valence-corrected chi connectivity index (χ3v) is 4.32. The predicted octanol–water partition coefficient (Wildman–Crippen LogP) is 3.10.